The summed E-state index contributed by atoms with van der Waals surface area (Å²) in [5.41, 5.74) is 0. The van der Waals surface area contributed by atoms with Crippen molar-refractivity contribution in [3.63, 3.8) is 0 Å². The number of hydrogen-bond donors (Lipinski definition) is 1. The third-order valence-electron chi connectivity index (χ3n) is 1.09. The van der Waals surface area contributed by atoms with Crippen molar-refractivity contribution >= 4 is 0 Å². The first-order valence-electron chi connectivity index (χ1n) is 3.18. The normalized spacial score (nSPS) is 12.0. The standard InChI is InChI=1S/C6H17N2O/c1-8(2,3)5-4-6-9-7/h4-7H2,1-3H3/q+1/i1+1,2+1,3+1,5+1. The average Bonchev–Trinajstić information content (AvgIpc) is 1.63. The molecule has 3 heteroatoms. The lowest BCUT2D eigenvalue weighted by Gasteiger charge is -2.23. The molecule has 0 amide bonds. The Kier molecular flexibility index (Phi) is 3.77. The monoisotopic (exact) mass is 137 g/mol. The molecule has 0 aromatic carbocycles. The van der Waals surface area contributed by atoms with Gasteiger partial charge in [-0.2, -0.15) is 0 Å². The van der Waals surface area contributed by atoms with E-state index in [-0.39, 0.29) is 0 Å². The van der Waals surface area contributed by atoms with Gasteiger partial charge >= 0.3 is 0 Å². The summed E-state index contributed by atoms with van der Waals surface area (Å²) in [6.45, 7) is 1.77. The minimum Gasteiger partial charge on any atom is -0.331 e. The van der Waals surface area contributed by atoms with Gasteiger partial charge in [-0.05, 0) is 0 Å². The highest BCUT2D eigenvalue weighted by atomic mass is 16.6. The van der Waals surface area contributed by atoms with Gasteiger partial charge in [0, 0.05) is 6.42 Å². The maximum atomic E-state index is 4.85. The molecule has 0 radical (unpaired) electrons. The number of nitrogens with zero attached hydrogens (tertiary/aromatic N) is 1. The zero-order chi connectivity index (χ0) is 7.33. The van der Waals surface area contributed by atoms with E-state index in [0.717, 1.165) is 17.4 Å². The summed E-state index contributed by atoms with van der Waals surface area (Å²) in [4.78, 5) is 4.43. The molecule has 0 aromatic rings. The number of nitrogens with two attached hydrogens (primary N) is 1. The molecule has 0 spiro atoms. The second-order valence-electron chi connectivity index (χ2n) is 3.24. The molecule has 0 aliphatic carbocycles. The minimum absolute atomic E-state index is 0.662. The van der Waals surface area contributed by atoms with Crippen LogP contribution in [0, 0.1) is 0 Å². The van der Waals surface area contributed by atoms with Crippen LogP contribution in [0.25, 0.3) is 0 Å². The van der Waals surface area contributed by atoms with Crippen molar-refractivity contribution in [3.8, 4) is 0 Å². The van der Waals surface area contributed by atoms with Crippen molar-refractivity contribution in [3.05, 3.63) is 0 Å². The smallest absolute Gasteiger partial charge is 0.0803 e. The van der Waals surface area contributed by atoms with Crippen LogP contribution < -0.4 is 5.90 Å². The molecular weight excluding hydrogens is 120 g/mol. The van der Waals surface area contributed by atoms with E-state index in [2.05, 4.69) is 26.0 Å². The Morgan fingerprint density at radius 1 is 1.33 bits per heavy atom. The van der Waals surface area contributed by atoms with Gasteiger partial charge in [-0.25, -0.2) is 5.90 Å². The fourth-order valence-electron chi connectivity index (χ4n) is 0.622. The zero-order valence-corrected chi connectivity index (χ0v) is 6.55. The Balaban J connectivity index is 3.07. The lowest BCUT2D eigenvalue weighted by molar-refractivity contribution is -0.870. The van der Waals surface area contributed by atoms with Crippen molar-refractivity contribution in [2.75, 3.05) is 34.3 Å². The van der Waals surface area contributed by atoms with E-state index in [4.69, 9.17) is 5.90 Å². The van der Waals surface area contributed by atoms with Crippen LogP contribution in [0.15, 0.2) is 0 Å². The van der Waals surface area contributed by atoms with Crippen LogP contribution in [0.3, 0.4) is 0 Å². The van der Waals surface area contributed by atoms with E-state index < -0.39 is 0 Å². The van der Waals surface area contributed by atoms with Crippen molar-refractivity contribution in [2.45, 2.75) is 6.42 Å². The highest BCUT2D eigenvalue weighted by Gasteiger charge is 2.04. The Hall–Kier alpha value is -0.120. The van der Waals surface area contributed by atoms with E-state index in [1.165, 1.54) is 0 Å². The molecule has 0 unspecified atom stereocenters. The van der Waals surface area contributed by atoms with Gasteiger partial charge in [0.25, 0.3) is 0 Å². The fraction of sp³-hybridized carbons (Fsp3) is 1.00. The molecule has 0 saturated carbocycles. The molecule has 3 nitrogen and oxygen atoms in total. The Morgan fingerprint density at radius 2 is 1.89 bits per heavy atom. The van der Waals surface area contributed by atoms with Gasteiger partial charge < -0.3 is 9.32 Å². The van der Waals surface area contributed by atoms with Crippen molar-refractivity contribution in [1.29, 1.82) is 0 Å². The number of rotatable bonds is 4. The van der Waals surface area contributed by atoms with Crippen LogP contribution in [0.1, 0.15) is 6.42 Å². The highest BCUT2D eigenvalue weighted by Crippen LogP contribution is 1.91. The van der Waals surface area contributed by atoms with E-state index in [1.54, 1.807) is 0 Å². The molecule has 0 bridgehead atoms. The van der Waals surface area contributed by atoms with Crippen LogP contribution in [0.5, 0.6) is 0 Å². The van der Waals surface area contributed by atoms with Crippen molar-refractivity contribution in [2.24, 2.45) is 5.90 Å². The molecule has 0 atom stereocenters. The maximum absolute atomic E-state index is 4.85. The lowest BCUT2D eigenvalue weighted by Crippen LogP contribution is -2.35. The molecule has 0 heterocycles. The predicted molar refractivity (Wildman–Crippen MR) is 37.7 cm³/mol. The third-order valence-corrected chi connectivity index (χ3v) is 1.09. The summed E-state index contributed by atoms with van der Waals surface area (Å²) in [7, 11) is 6.45. The van der Waals surface area contributed by atoms with E-state index in [9.17, 15) is 0 Å². The summed E-state index contributed by atoms with van der Waals surface area (Å²) >= 11 is 0. The molecule has 0 fully saturated rings. The highest BCUT2D eigenvalue weighted by molar-refractivity contribution is 4.30. The summed E-state index contributed by atoms with van der Waals surface area (Å²) < 4.78 is 0.976. The minimum atomic E-state index is 0.662. The van der Waals surface area contributed by atoms with Gasteiger partial charge in [0.15, 0.2) is 0 Å². The molecule has 0 aliphatic rings. The van der Waals surface area contributed by atoms with E-state index >= 15 is 0 Å². The van der Waals surface area contributed by atoms with E-state index in [1.807, 2.05) is 0 Å². The van der Waals surface area contributed by atoms with E-state index in [0.29, 0.717) is 6.61 Å². The van der Waals surface area contributed by atoms with Gasteiger partial charge in [-0.15, -0.1) is 0 Å². The molecule has 0 saturated heterocycles. The molecule has 0 rings (SSSR count). The molecule has 0 aromatic heterocycles. The van der Waals surface area contributed by atoms with Crippen LogP contribution >= 0.6 is 0 Å². The quantitative estimate of drug-likeness (QED) is 0.256. The number of quaternary nitrogens is 1. The van der Waals surface area contributed by atoms with Crippen LogP contribution in [0.2, 0.25) is 0 Å². The first-order valence-corrected chi connectivity index (χ1v) is 3.18. The fourth-order valence-corrected chi connectivity index (χ4v) is 0.622. The average molecular weight is 137 g/mol. The summed E-state index contributed by atoms with van der Waals surface area (Å²) in [6.07, 6.45) is 1.03. The van der Waals surface area contributed by atoms with Crippen LogP contribution in [-0.4, -0.2) is 38.8 Å². The number of hydrogen-bond acceptors (Lipinski definition) is 2. The Morgan fingerprint density at radius 3 is 2.22 bits per heavy atom. The molecular formula is C6H17N2O+. The Labute approximate surface area is 56.9 Å². The SMILES string of the molecule is [13CH3][N+]([13CH3])([13CH3])[13CH2]CCON. The van der Waals surface area contributed by atoms with Crippen molar-refractivity contribution < 1.29 is 9.32 Å². The molecule has 56 valence electrons. The lowest BCUT2D eigenvalue weighted by atomic mass is 10.6. The van der Waals surface area contributed by atoms with Gasteiger partial charge in [0.05, 0.1) is 34.3 Å². The van der Waals surface area contributed by atoms with Gasteiger partial charge in [-0.1, -0.05) is 0 Å². The molecule has 2 N–H and O–H groups in total. The summed E-state index contributed by atoms with van der Waals surface area (Å²) in [5, 5.41) is 0. The summed E-state index contributed by atoms with van der Waals surface area (Å²) in [6, 6.07) is 0. The second kappa shape index (κ2) is 3.82. The van der Waals surface area contributed by atoms with Gasteiger partial charge in [-0.3, -0.25) is 0 Å². The first-order chi connectivity index (χ1) is 4.06. The predicted octanol–water partition coefficient (Wildman–Crippen LogP) is -0.0270. The largest absolute Gasteiger partial charge is 0.331 e. The van der Waals surface area contributed by atoms with Gasteiger partial charge in [0.2, 0.25) is 0 Å². The molecule has 0 aliphatic heterocycles. The topological polar surface area (TPSA) is 35.2 Å². The second-order valence-corrected chi connectivity index (χ2v) is 3.24. The van der Waals surface area contributed by atoms with Gasteiger partial charge in [0.1, 0.15) is 0 Å². The first kappa shape index (κ1) is 8.88. The van der Waals surface area contributed by atoms with Crippen LogP contribution in [-0.2, 0) is 4.84 Å². The zero-order valence-electron chi connectivity index (χ0n) is 6.55. The Bertz CT molecular complexity index is 67.9. The maximum Gasteiger partial charge on any atom is 0.0803 e. The third kappa shape index (κ3) is 7.88. The molecule has 9 heavy (non-hydrogen) atoms. The van der Waals surface area contributed by atoms with Crippen molar-refractivity contribution in [1.82, 2.24) is 0 Å². The van der Waals surface area contributed by atoms with Crippen LogP contribution in [0.4, 0.5) is 0 Å². The summed E-state index contributed by atoms with van der Waals surface area (Å²) in [5.74, 6) is 4.85.